The molecule has 0 radical (unpaired) electrons. The molecule has 1 aliphatic rings. The van der Waals surface area contributed by atoms with E-state index in [0.29, 0.717) is 15.8 Å². The van der Waals surface area contributed by atoms with Crippen molar-refractivity contribution in [2.75, 3.05) is 6.54 Å². The minimum atomic E-state index is -0.139. The molecule has 0 bridgehead atoms. The van der Waals surface area contributed by atoms with E-state index in [1.165, 1.54) is 16.8 Å². The Morgan fingerprint density at radius 3 is 2.72 bits per heavy atom. The van der Waals surface area contributed by atoms with Gasteiger partial charge in [0, 0.05) is 6.54 Å². The van der Waals surface area contributed by atoms with E-state index >= 15 is 0 Å². The number of carbonyl (C=O) groups excluding carboxylic acids is 1. The number of benzene rings is 1. The predicted octanol–water partition coefficient (Wildman–Crippen LogP) is 2.12. The van der Waals surface area contributed by atoms with Crippen molar-refractivity contribution >= 4 is 40.3 Å². The molecule has 1 heterocycles. The number of carbonyl (C=O) groups is 1. The van der Waals surface area contributed by atoms with Gasteiger partial charge in [-0.25, -0.2) is 10.4 Å². The van der Waals surface area contributed by atoms with Crippen LogP contribution >= 0.6 is 24.0 Å². The zero-order chi connectivity index (χ0) is 13.1. The number of aromatic hydroxyl groups is 1. The molecule has 1 amide bonds. The van der Waals surface area contributed by atoms with Crippen molar-refractivity contribution in [2.24, 2.45) is 0 Å². The number of hydrazine groups is 1. The van der Waals surface area contributed by atoms with Gasteiger partial charge in [-0.3, -0.25) is 4.79 Å². The third-order valence-electron chi connectivity index (χ3n) is 2.30. The van der Waals surface area contributed by atoms with Crippen LogP contribution in [0.4, 0.5) is 0 Å². The maximum absolute atomic E-state index is 12.0. The van der Waals surface area contributed by atoms with Crippen molar-refractivity contribution in [1.82, 2.24) is 10.4 Å². The molecule has 0 aliphatic carbocycles. The number of thioether (sulfide) groups is 1. The van der Waals surface area contributed by atoms with Crippen LogP contribution < -0.4 is 5.43 Å². The zero-order valence-corrected chi connectivity index (χ0v) is 11.3. The van der Waals surface area contributed by atoms with Crippen LogP contribution in [0.25, 0.3) is 6.08 Å². The lowest BCUT2D eigenvalue weighted by Crippen LogP contribution is -2.40. The lowest BCUT2D eigenvalue weighted by atomic mass is 10.2. The van der Waals surface area contributed by atoms with Crippen LogP contribution in [-0.4, -0.2) is 26.9 Å². The molecule has 1 saturated heterocycles. The van der Waals surface area contributed by atoms with E-state index in [1.807, 2.05) is 6.92 Å². The Morgan fingerprint density at radius 2 is 2.11 bits per heavy atom. The highest BCUT2D eigenvalue weighted by atomic mass is 32.2. The molecule has 1 aromatic rings. The molecule has 1 aromatic carbocycles. The van der Waals surface area contributed by atoms with Gasteiger partial charge in [-0.1, -0.05) is 43.0 Å². The first-order valence-electron chi connectivity index (χ1n) is 5.42. The van der Waals surface area contributed by atoms with Crippen LogP contribution in [-0.2, 0) is 4.79 Å². The molecule has 0 unspecified atom stereocenters. The van der Waals surface area contributed by atoms with E-state index in [0.717, 1.165) is 5.56 Å². The Balaban J connectivity index is 2.22. The molecule has 1 fully saturated rings. The number of thiocarbonyl (C=S) groups is 1. The molecule has 18 heavy (non-hydrogen) atoms. The molecule has 4 nitrogen and oxygen atoms in total. The monoisotopic (exact) mass is 280 g/mol. The smallest absolute Gasteiger partial charge is 0.280 e. The average molecular weight is 280 g/mol. The van der Waals surface area contributed by atoms with Gasteiger partial charge in [0.15, 0.2) is 4.32 Å². The third-order valence-corrected chi connectivity index (χ3v) is 3.60. The normalized spacial score (nSPS) is 17.8. The maximum atomic E-state index is 12.0. The fourth-order valence-electron chi connectivity index (χ4n) is 1.48. The summed E-state index contributed by atoms with van der Waals surface area (Å²) in [6.45, 7) is 2.54. The fraction of sp³-hybridized carbons (Fsp3) is 0.167. The van der Waals surface area contributed by atoms with Gasteiger partial charge in [0.25, 0.3) is 5.91 Å². The SMILES string of the molecule is CCNN1C(=O)/C(=C\c2ccc(O)cc2)SC1=S. The van der Waals surface area contributed by atoms with Crippen LogP contribution in [0.3, 0.4) is 0 Å². The topological polar surface area (TPSA) is 52.6 Å². The maximum Gasteiger partial charge on any atom is 0.280 e. The van der Waals surface area contributed by atoms with Crippen LogP contribution in [0, 0.1) is 0 Å². The largest absolute Gasteiger partial charge is 0.508 e. The molecular formula is C12H12N2O2S2. The van der Waals surface area contributed by atoms with Crippen molar-refractivity contribution in [1.29, 1.82) is 0 Å². The second-order valence-corrected chi connectivity index (χ2v) is 5.30. The van der Waals surface area contributed by atoms with Gasteiger partial charge in [0.05, 0.1) is 4.91 Å². The average Bonchev–Trinajstić information content (AvgIpc) is 2.60. The Bertz CT molecular complexity index is 511. The molecule has 2 N–H and O–H groups in total. The highest BCUT2D eigenvalue weighted by Crippen LogP contribution is 2.31. The van der Waals surface area contributed by atoms with Gasteiger partial charge in [-0.15, -0.1) is 0 Å². The number of rotatable bonds is 3. The van der Waals surface area contributed by atoms with Crippen molar-refractivity contribution in [3.63, 3.8) is 0 Å². The minimum absolute atomic E-state index is 0.139. The summed E-state index contributed by atoms with van der Waals surface area (Å²) in [4.78, 5) is 12.6. The quantitative estimate of drug-likeness (QED) is 0.656. The number of amides is 1. The van der Waals surface area contributed by atoms with Crippen LogP contribution in [0.1, 0.15) is 12.5 Å². The first-order chi connectivity index (χ1) is 8.61. The van der Waals surface area contributed by atoms with Gasteiger partial charge in [-0.05, 0) is 23.8 Å². The van der Waals surface area contributed by atoms with E-state index < -0.39 is 0 Å². The molecule has 0 atom stereocenters. The summed E-state index contributed by atoms with van der Waals surface area (Å²) in [5.74, 6) is 0.0623. The highest BCUT2D eigenvalue weighted by Gasteiger charge is 2.31. The molecule has 1 aliphatic heterocycles. The second-order valence-electron chi connectivity index (χ2n) is 3.62. The van der Waals surface area contributed by atoms with Crippen molar-refractivity contribution < 1.29 is 9.90 Å². The van der Waals surface area contributed by atoms with Gasteiger partial charge in [0.2, 0.25) is 0 Å². The third kappa shape index (κ3) is 2.72. The number of phenols is 1. The molecular weight excluding hydrogens is 268 g/mol. The summed E-state index contributed by atoms with van der Waals surface area (Å²) in [5, 5.41) is 10.6. The van der Waals surface area contributed by atoms with Crippen LogP contribution in [0.15, 0.2) is 29.2 Å². The predicted molar refractivity (Wildman–Crippen MR) is 76.8 cm³/mol. The zero-order valence-electron chi connectivity index (χ0n) is 9.71. The van der Waals surface area contributed by atoms with E-state index in [-0.39, 0.29) is 11.7 Å². The minimum Gasteiger partial charge on any atom is -0.508 e. The standard InChI is InChI=1S/C12H12N2O2S2/c1-2-13-14-11(16)10(18-12(14)17)7-8-3-5-9(15)6-4-8/h3-7,13,15H,2H2,1H3/b10-7+. The lowest BCUT2D eigenvalue weighted by molar-refractivity contribution is -0.124. The van der Waals surface area contributed by atoms with Gasteiger partial charge < -0.3 is 5.11 Å². The summed E-state index contributed by atoms with van der Waals surface area (Å²) in [6, 6.07) is 6.65. The van der Waals surface area contributed by atoms with Crippen LogP contribution in [0.2, 0.25) is 0 Å². The Labute approximate surface area is 115 Å². The van der Waals surface area contributed by atoms with E-state index in [4.69, 9.17) is 12.2 Å². The molecule has 94 valence electrons. The number of phenolic OH excluding ortho intramolecular Hbond substituents is 1. The number of nitrogens with zero attached hydrogens (tertiary/aromatic N) is 1. The molecule has 0 aromatic heterocycles. The molecule has 2 rings (SSSR count). The molecule has 0 spiro atoms. The summed E-state index contributed by atoms with van der Waals surface area (Å²) < 4.78 is 0.506. The second kappa shape index (κ2) is 5.51. The number of hydrogen-bond donors (Lipinski definition) is 2. The summed E-state index contributed by atoms with van der Waals surface area (Å²) >= 11 is 6.39. The Hall–Kier alpha value is -1.37. The van der Waals surface area contributed by atoms with E-state index in [2.05, 4.69) is 5.43 Å². The van der Waals surface area contributed by atoms with E-state index in [9.17, 15) is 9.90 Å². The van der Waals surface area contributed by atoms with Gasteiger partial charge in [0.1, 0.15) is 5.75 Å². The van der Waals surface area contributed by atoms with Crippen molar-refractivity contribution in [3.8, 4) is 5.75 Å². The van der Waals surface area contributed by atoms with Crippen molar-refractivity contribution in [3.05, 3.63) is 34.7 Å². The van der Waals surface area contributed by atoms with Crippen molar-refractivity contribution in [2.45, 2.75) is 6.92 Å². The first kappa shape index (κ1) is 13.1. The Morgan fingerprint density at radius 1 is 1.44 bits per heavy atom. The lowest BCUT2D eigenvalue weighted by Gasteiger charge is -2.13. The number of nitrogens with one attached hydrogen (secondary N) is 1. The van der Waals surface area contributed by atoms with Crippen LogP contribution in [0.5, 0.6) is 5.75 Å². The first-order valence-corrected chi connectivity index (χ1v) is 6.65. The Kier molecular flexibility index (Phi) is 4.00. The fourth-order valence-corrected chi connectivity index (χ4v) is 2.70. The van der Waals surface area contributed by atoms with E-state index in [1.54, 1.807) is 30.3 Å². The van der Waals surface area contributed by atoms with Gasteiger partial charge >= 0.3 is 0 Å². The summed E-state index contributed by atoms with van der Waals surface area (Å²) in [6.07, 6.45) is 1.76. The number of hydrogen-bond acceptors (Lipinski definition) is 5. The molecule has 0 saturated carbocycles. The summed E-state index contributed by atoms with van der Waals surface area (Å²) in [7, 11) is 0. The highest BCUT2D eigenvalue weighted by molar-refractivity contribution is 8.26. The summed E-state index contributed by atoms with van der Waals surface area (Å²) in [5.41, 5.74) is 3.76. The van der Waals surface area contributed by atoms with Gasteiger partial charge in [-0.2, -0.15) is 0 Å². The molecule has 6 heteroatoms.